The smallest absolute Gasteiger partial charge is 0.140 e. The van der Waals surface area contributed by atoms with Crippen molar-refractivity contribution in [3.63, 3.8) is 0 Å². The lowest BCUT2D eigenvalue weighted by atomic mass is 9.65. The van der Waals surface area contributed by atoms with Crippen LogP contribution in [0.1, 0.15) is 51.7 Å². The fourth-order valence-corrected chi connectivity index (χ4v) is 7.16. The molecule has 0 saturated heterocycles. The molecule has 7 rings (SSSR count). The van der Waals surface area contributed by atoms with Gasteiger partial charge in [0.2, 0.25) is 0 Å². The van der Waals surface area contributed by atoms with Crippen LogP contribution in [-0.2, 0) is 5.41 Å². The molecule has 2 heteroatoms. The second-order valence-electron chi connectivity index (χ2n) is 10.9. The van der Waals surface area contributed by atoms with Crippen molar-refractivity contribution in [2.45, 2.75) is 46.0 Å². The maximum Gasteiger partial charge on any atom is 0.140 e. The van der Waals surface area contributed by atoms with Crippen LogP contribution in [0.2, 0.25) is 0 Å². The van der Waals surface area contributed by atoms with Crippen LogP contribution in [-0.4, -0.2) is 0 Å². The van der Waals surface area contributed by atoms with Crippen molar-refractivity contribution >= 4 is 43.9 Å². The summed E-state index contributed by atoms with van der Waals surface area (Å²) in [6, 6.07) is 30.0. The highest BCUT2D eigenvalue weighted by molar-refractivity contribution is 6.09. The molecule has 4 aromatic carbocycles. The van der Waals surface area contributed by atoms with Gasteiger partial charge in [-0.2, -0.15) is 0 Å². The Balaban J connectivity index is 1.73. The maximum absolute atomic E-state index is 6.77. The number of para-hydroxylation sites is 4. The fraction of sp³-hybridized carbons (Fsp3) is 0.179. The number of furan rings is 2. The highest BCUT2D eigenvalue weighted by Crippen LogP contribution is 2.58. The number of fused-ring (bicyclic) bond motifs is 6. The van der Waals surface area contributed by atoms with E-state index in [-0.39, 0.29) is 0 Å². The van der Waals surface area contributed by atoms with Gasteiger partial charge in [-0.3, -0.25) is 0 Å². The van der Waals surface area contributed by atoms with Gasteiger partial charge in [0.05, 0.1) is 5.41 Å². The average molecular weight is 535 g/mol. The number of hydrogen-bond acceptors (Lipinski definition) is 2. The summed E-state index contributed by atoms with van der Waals surface area (Å²) >= 11 is 0. The first-order chi connectivity index (χ1) is 20.1. The van der Waals surface area contributed by atoms with Crippen LogP contribution in [0.3, 0.4) is 0 Å². The summed E-state index contributed by atoms with van der Waals surface area (Å²) in [7, 11) is 0. The minimum atomic E-state index is -0.631. The lowest BCUT2D eigenvalue weighted by molar-refractivity contribution is 0.631. The summed E-state index contributed by atoms with van der Waals surface area (Å²) in [5.74, 6) is 0. The Morgan fingerprint density at radius 3 is 1.68 bits per heavy atom. The maximum atomic E-state index is 6.77. The molecule has 6 aromatic rings. The van der Waals surface area contributed by atoms with E-state index in [4.69, 9.17) is 8.83 Å². The Kier molecular flexibility index (Phi) is 6.08. The second kappa shape index (κ2) is 9.82. The van der Waals surface area contributed by atoms with Gasteiger partial charge in [0.25, 0.3) is 0 Å². The van der Waals surface area contributed by atoms with Gasteiger partial charge in [-0.1, -0.05) is 111 Å². The molecule has 0 unspecified atom stereocenters. The zero-order valence-electron chi connectivity index (χ0n) is 24.1. The molecule has 0 spiro atoms. The highest BCUT2D eigenvalue weighted by atomic mass is 16.3. The second-order valence-corrected chi connectivity index (χ2v) is 10.9. The van der Waals surface area contributed by atoms with Gasteiger partial charge in [0.1, 0.15) is 22.3 Å². The number of rotatable bonds is 6. The minimum absolute atomic E-state index is 0.631. The Bertz CT molecular complexity index is 1970. The number of hydrogen-bond donors (Lipinski definition) is 0. The molecule has 0 N–H and O–H groups in total. The normalized spacial score (nSPS) is 15.8. The van der Waals surface area contributed by atoms with Crippen LogP contribution in [0.4, 0.5) is 0 Å². The van der Waals surface area contributed by atoms with Gasteiger partial charge >= 0.3 is 0 Å². The summed E-state index contributed by atoms with van der Waals surface area (Å²) in [6.07, 6.45) is 11.0. The molecule has 1 aliphatic rings. The molecule has 0 fully saturated rings. The molecule has 41 heavy (non-hydrogen) atoms. The largest absolute Gasteiger partial charge is 0.456 e. The monoisotopic (exact) mass is 534 g/mol. The van der Waals surface area contributed by atoms with E-state index in [0.29, 0.717) is 0 Å². The molecule has 1 aliphatic carbocycles. The molecule has 2 nitrogen and oxygen atoms in total. The Labute approximate surface area is 241 Å². The molecule has 0 aliphatic heterocycles. The molecule has 2 aromatic heterocycles. The first-order valence-electron chi connectivity index (χ1n) is 14.7. The van der Waals surface area contributed by atoms with E-state index < -0.39 is 5.41 Å². The van der Waals surface area contributed by atoms with E-state index in [0.717, 1.165) is 67.8 Å². The molecular weight excluding hydrogens is 500 g/mol. The summed E-state index contributed by atoms with van der Waals surface area (Å²) in [5.41, 5.74) is 10.6. The van der Waals surface area contributed by atoms with E-state index >= 15 is 0 Å². The molecular formula is C39H34O2. The first-order valence-corrected chi connectivity index (χ1v) is 14.7. The van der Waals surface area contributed by atoms with Crippen molar-refractivity contribution in [3.05, 3.63) is 143 Å². The summed E-state index contributed by atoms with van der Waals surface area (Å²) in [6.45, 7) is 8.87. The summed E-state index contributed by atoms with van der Waals surface area (Å²) in [4.78, 5) is 0. The zero-order chi connectivity index (χ0) is 28.1. The minimum Gasteiger partial charge on any atom is -0.456 e. The topological polar surface area (TPSA) is 26.3 Å². The molecule has 0 saturated carbocycles. The predicted molar refractivity (Wildman–Crippen MR) is 172 cm³/mol. The van der Waals surface area contributed by atoms with Gasteiger partial charge in [-0.05, 0) is 61.1 Å². The van der Waals surface area contributed by atoms with Crippen molar-refractivity contribution in [1.82, 2.24) is 0 Å². The molecule has 202 valence electrons. The van der Waals surface area contributed by atoms with E-state index in [1.807, 2.05) is 12.1 Å². The van der Waals surface area contributed by atoms with Crippen molar-refractivity contribution in [2.75, 3.05) is 0 Å². The van der Waals surface area contributed by atoms with Gasteiger partial charge in [0, 0.05) is 32.7 Å². The zero-order valence-corrected chi connectivity index (χ0v) is 24.1. The van der Waals surface area contributed by atoms with Gasteiger partial charge in [-0.25, -0.2) is 0 Å². The van der Waals surface area contributed by atoms with Crippen LogP contribution >= 0.6 is 0 Å². The fourth-order valence-electron chi connectivity index (χ4n) is 7.16. The lowest BCUT2D eigenvalue weighted by Crippen LogP contribution is -2.30. The summed E-state index contributed by atoms with van der Waals surface area (Å²) in [5, 5.41) is 4.54. The highest BCUT2D eigenvalue weighted by Gasteiger charge is 2.49. The summed E-state index contributed by atoms with van der Waals surface area (Å²) < 4.78 is 13.5. The van der Waals surface area contributed by atoms with Crippen molar-refractivity contribution in [1.29, 1.82) is 0 Å². The molecule has 0 atom stereocenters. The third-order valence-corrected chi connectivity index (χ3v) is 8.81. The van der Waals surface area contributed by atoms with Gasteiger partial charge in [-0.15, -0.1) is 0 Å². The Morgan fingerprint density at radius 1 is 0.634 bits per heavy atom. The third-order valence-electron chi connectivity index (χ3n) is 8.81. The van der Waals surface area contributed by atoms with Crippen LogP contribution in [0.15, 0.2) is 140 Å². The SMILES string of the molecule is C/C=C\C1=C(C)C(CC)=C(/C=C\CC)C1(c1cccc2c1oc1ccccc12)c1cccc2c1oc1ccccc12. The third kappa shape index (κ3) is 3.50. The molecule has 0 amide bonds. The van der Waals surface area contributed by atoms with Crippen LogP contribution in [0, 0.1) is 0 Å². The van der Waals surface area contributed by atoms with E-state index in [1.54, 1.807) is 0 Å². The Morgan fingerprint density at radius 2 is 1.17 bits per heavy atom. The first kappa shape index (κ1) is 25.4. The van der Waals surface area contributed by atoms with Crippen LogP contribution in [0.25, 0.3) is 43.9 Å². The van der Waals surface area contributed by atoms with Crippen molar-refractivity contribution in [3.8, 4) is 0 Å². The van der Waals surface area contributed by atoms with E-state index in [2.05, 4.69) is 125 Å². The van der Waals surface area contributed by atoms with Crippen molar-refractivity contribution in [2.24, 2.45) is 0 Å². The average Bonchev–Trinajstić information content (AvgIpc) is 3.65. The van der Waals surface area contributed by atoms with Gasteiger partial charge < -0.3 is 8.83 Å². The lowest BCUT2D eigenvalue weighted by Gasteiger charge is -2.36. The van der Waals surface area contributed by atoms with Crippen LogP contribution < -0.4 is 0 Å². The van der Waals surface area contributed by atoms with E-state index in [1.165, 1.54) is 22.3 Å². The van der Waals surface area contributed by atoms with Gasteiger partial charge in [0.15, 0.2) is 0 Å². The molecule has 2 heterocycles. The molecule has 0 bridgehead atoms. The quantitative estimate of drug-likeness (QED) is 0.212. The number of allylic oxidation sites excluding steroid dienone is 8. The molecule has 0 radical (unpaired) electrons. The van der Waals surface area contributed by atoms with Crippen molar-refractivity contribution < 1.29 is 8.83 Å². The van der Waals surface area contributed by atoms with Crippen LogP contribution in [0.5, 0.6) is 0 Å². The Hall–Kier alpha value is -4.56. The number of benzene rings is 4. The van der Waals surface area contributed by atoms with E-state index in [9.17, 15) is 0 Å². The predicted octanol–water partition coefficient (Wildman–Crippen LogP) is 11.4. The standard InChI is InChI=1S/C39H34O2/c1-5-8-20-32-26(7-3)25(4)31(15-6-2)39(32,33-21-13-18-29-27-16-9-11-23-35(27)40-37(29)33)34-22-14-19-30-28-17-10-12-24-36(28)41-38(30)34/h6,8-24H,5,7H2,1-4H3/b15-6-,20-8-.